The summed E-state index contributed by atoms with van der Waals surface area (Å²) in [6.07, 6.45) is 1.18. The lowest BCUT2D eigenvalue weighted by molar-refractivity contribution is -0.422. The molecule has 0 saturated heterocycles. The van der Waals surface area contributed by atoms with Gasteiger partial charge in [-0.15, -0.1) is 0 Å². The SMILES string of the molecule is C/C(=C\c1ccccc1[N+](=O)[O-])[N+](=O)[O-]. The fourth-order valence-corrected chi connectivity index (χ4v) is 1.05. The van der Waals surface area contributed by atoms with Crippen LogP contribution in [0, 0.1) is 20.2 Å². The second-order valence-corrected chi connectivity index (χ2v) is 2.86. The Morgan fingerprint density at radius 3 is 2.40 bits per heavy atom. The smallest absolute Gasteiger partial charge is 0.259 e. The number of hydrogen-bond acceptors (Lipinski definition) is 4. The number of nitrogens with zero attached hydrogens (tertiary/aromatic N) is 2. The highest BCUT2D eigenvalue weighted by Gasteiger charge is 2.12. The molecule has 0 N–H and O–H groups in total. The molecular formula is C9H8N2O4. The standard InChI is InChI=1S/C9H8N2O4/c1-7(10(12)13)6-8-4-2-3-5-9(8)11(14)15/h2-6H,1H3/b7-6+. The van der Waals surface area contributed by atoms with Gasteiger partial charge in [-0.3, -0.25) is 20.2 Å². The molecule has 0 bridgehead atoms. The summed E-state index contributed by atoms with van der Waals surface area (Å²) in [5, 5.41) is 20.9. The van der Waals surface area contributed by atoms with Crippen molar-refractivity contribution in [2.45, 2.75) is 6.92 Å². The highest BCUT2D eigenvalue weighted by atomic mass is 16.6. The number of allylic oxidation sites excluding steroid dienone is 1. The minimum Gasteiger partial charge on any atom is -0.259 e. The molecule has 15 heavy (non-hydrogen) atoms. The third kappa shape index (κ3) is 2.60. The molecule has 0 spiro atoms. The number of benzene rings is 1. The molecule has 0 aromatic heterocycles. The summed E-state index contributed by atoms with van der Waals surface area (Å²) in [5.41, 5.74) is -0.0419. The zero-order chi connectivity index (χ0) is 11.4. The van der Waals surface area contributed by atoms with Crippen molar-refractivity contribution in [1.29, 1.82) is 0 Å². The van der Waals surface area contributed by atoms with E-state index in [0.29, 0.717) is 0 Å². The van der Waals surface area contributed by atoms with Gasteiger partial charge >= 0.3 is 0 Å². The van der Waals surface area contributed by atoms with Gasteiger partial charge in [0.05, 0.1) is 15.4 Å². The summed E-state index contributed by atoms with van der Waals surface area (Å²) in [6, 6.07) is 5.87. The van der Waals surface area contributed by atoms with Crippen LogP contribution in [0.25, 0.3) is 6.08 Å². The first-order chi connectivity index (χ1) is 7.02. The Bertz CT molecular complexity index is 439. The lowest BCUT2D eigenvalue weighted by Gasteiger charge is -1.96. The molecule has 6 heteroatoms. The van der Waals surface area contributed by atoms with E-state index in [1.54, 1.807) is 6.07 Å². The molecule has 0 aliphatic carbocycles. The van der Waals surface area contributed by atoms with Crippen molar-refractivity contribution in [3.8, 4) is 0 Å². The van der Waals surface area contributed by atoms with Crippen molar-refractivity contribution >= 4 is 11.8 Å². The predicted molar refractivity (Wildman–Crippen MR) is 53.7 cm³/mol. The monoisotopic (exact) mass is 208 g/mol. The van der Waals surface area contributed by atoms with E-state index in [9.17, 15) is 20.2 Å². The first-order valence-corrected chi connectivity index (χ1v) is 4.08. The fourth-order valence-electron chi connectivity index (χ4n) is 1.05. The van der Waals surface area contributed by atoms with Gasteiger partial charge in [0.2, 0.25) is 5.70 Å². The minimum atomic E-state index is -0.587. The Morgan fingerprint density at radius 2 is 1.87 bits per heavy atom. The van der Waals surface area contributed by atoms with Crippen LogP contribution in [-0.2, 0) is 0 Å². The molecule has 0 saturated carbocycles. The van der Waals surface area contributed by atoms with Crippen molar-refractivity contribution in [3.63, 3.8) is 0 Å². The molecule has 1 aromatic carbocycles. The highest BCUT2D eigenvalue weighted by molar-refractivity contribution is 5.61. The van der Waals surface area contributed by atoms with Crippen molar-refractivity contribution in [1.82, 2.24) is 0 Å². The molecule has 0 amide bonds. The molecule has 0 aliphatic heterocycles. The van der Waals surface area contributed by atoms with Gasteiger partial charge in [-0.2, -0.15) is 0 Å². The molecule has 0 unspecified atom stereocenters. The van der Waals surface area contributed by atoms with Crippen LogP contribution in [0.3, 0.4) is 0 Å². The van der Waals surface area contributed by atoms with Crippen LogP contribution in [0.4, 0.5) is 5.69 Å². The summed E-state index contributed by atoms with van der Waals surface area (Å²) in [7, 11) is 0. The lowest BCUT2D eigenvalue weighted by Crippen LogP contribution is -1.95. The summed E-state index contributed by atoms with van der Waals surface area (Å²) < 4.78 is 0. The van der Waals surface area contributed by atoms with Crippen LogP contribution < -0.4 is 0 Å². The number of rotatable bonds is 3. The summed E-state index contributed by atoms with van der Waals surface area (Å²) in [4.78, 5) is 19.8. The molecule has 1 rings (SSSR count). The Kier molecular flexibility index (Phi) is 3.12. The molecular weight excluding hydrogens is 200 g/mol. The van der Waals surface area contributed by atoms with E-state index in [1.807, 2.05) is 0 Å². The number of hydrogen-bond donors (Lipinski definition) is 0. The second kappa shape index (κ2) is 4.32. The van der Waals surface area contributed by atoms with Gasteiger partial charge in [-0.1, -0.05) is 12.1 Å². The zero-order valence-electron chi connectivity index (χ0n) is 7.91. The average molecular weight is 208 g/mol. The van der Waals surface area contributed by atoms with Crippen molar-refractivity contribution in [2.75, 3.05) is 0 Å². The molecule has 1 aromatic rings. The maximum Gasteiger partial charge on any atom is 0.276 e. The largest absolute Gasteiger partial charge is 0.276 e. The summed E-state index contributed by atoms with van der Waals surface area (Å²) in [6.45, 7) is 1.29. The Morgan fingerprint density at radius 1 is 1.27 bits per heavy atom. The van der Waals surface area contributed by atoms with Crippen LogP contribution in [0.2, 0.25) is 0 Å². The lowest BCUT2D eigenvalue weighted by atomic mass is 10.1. The zero-order valence-corrected chi connectivity index (χ0v) is 7.91. The van der Waals surface area contributed by atoms with Crippen molar-refractivity contribution < 1.29 is 9.85 Å². The first-order valence-electron chi connectivity index (χ1n) is 4.08. The molecule has 78 valence electrons. The molecule has 0 radical (unpaired) electrons. The molecule has 0 fully saturated rings. The van der Waals surface area contributed by atoms with Gasteiger partial charge in [-0.05, 0) is 6.07 Å². The van der Waals surface area contributed by atoms with Gasteiger partial charge in [0.25, 0.3) is 5.69 Å². The Hall–Kier alpha value is -2.24. The van der Waals surface area contributed by atoms with Crippen LogP contribution in [0.15, 0.2) is 30.0 Å². The van der Waals surface area contributed by atoms with E-state index < -0.39 is 9.85 Å². The number of nitro benzene ring substituents is 1. The summed E-state index contributed by atoms with van der Waals surface area (Å²) >= 11 is 0. The first kappa shape index (κ1) is 10.8. The third-order valence-electron chi connectivity index (χ3n) is 1.79. The molecule has 0 aliphatic rings. The highest BCUT2D eigenvalue weighted by Crippen LogP contribution is 2.20. The second-order valence-electron chi connectivity index (χ2n) is 2.86. The van der Waals surface area contributed by atoms with Crippen LogP contribution in [0.1, 0.15) is 12.5 Å². The van der Waals surface area contributed by atoms with E-state index in [4.69, 9.17) is 0 Å². The quantitative estimate of drug-likeness (QED) is 0.562. The molecule has 6 nitrogen and oxygen atoms in total. The third-order valence-corrected chi connectivity index (χ3v) is 1.79. The van der Waals surface area contributed by atoms with Crippen molar-refractivity contribution in [3.05, 3.63) is 55.8 Å². The van der Waals surface area contributed by atoms with Gasteiger partial charge in [0.15, 0.2) is 0 Å². The van der Waals surface area contributed by atoms with E-state index in [2.05, 4.69) is 0 Å². The Balaban J connectivity index is 3.20. The molecule has 0 atom stereocenters. The summed E-state index contributed by atoms with van der Waals surface area (Å²) in [5.74, 6) is 0. The van der Waals surface area contributed by atoms with Gasteiger partial charge in [0, 0.05) is 19.1 Å². The maximum absolute atomic E-state index is 10.6. The molecule has 0 heterocycles. The topological polar surface area (TPSA) is 86.3 Å². The normalized spacial score (nSPS) is 11.1. The van der Waals surface area contributed by atoms with Crippen LogP contribution in [-0.4, -0.2) is 9.85 Å². The van der Waals surface area contributed by atoms with E-state index in [-0.39, 0.29) is 16.9 Å². The average Bonchev–Trinajstić information content (AvgIpc) is 2.18. The van der Waals surface area contributed by atoms with Crippen molar-refractivity contribution in [2.24, 2.45) is 0 Å². The van der Waals surface area contributed by atoms with Gasteiger partial charge in [-0.25, -0.2) is 0 Å². The predicted octanol–water partition coefficient (Wildman–Crippen LogP) is 2.23. The van der Waals surface area contributed by atoms with E-state index in [0.717, 1.165) is 0 Å². The van der Waals surface area contributed by atoms with Gasteiger partial charge < -0.3 is 0 Å². The maximum atomic E-state index is 10.6. The Labute approximate surface area is 85.1 Å². The van der Waals surface area contributed by atoms with E-state index in [1.165, 1.54) is 31.2 Å². The van der Waals surface area contributed by atoms with E-state index >= 15 is 0 Å². The van der Waals surface area contributed by atoms with Gasteiger partial charge in [0.1, 0.15) is 0 Å². The minimum absolute atomic E-state index is 0.135. The number of para-hydroxylation sites is 1. The van der Waals surface area contributed by atoms with Crippen LogP contribution in [0.5, 0.6) is 0 Å². The van der Waals surface area contributed by atoms with Crippen LogP contribution >= 0.6 is 0 Å². The fraction of sp³-hybridized carbons (Fsp3) is 0.111. The number of nitro groups is 2.